The largest absolute Gasteiger partial charge is 0.375 e. The second kappa shape index (κ2) is 12.0. The number of benzene rings is 1. The SMILES string of the molecule is CN=C(NCCOCc1ccccc1)NCC(C)(C)SC.I. The number of rotatable bonds is 8. The van der Waals surface area contributed by atoms with Gasteiger partial charge in [-0.1, -0.05) is 30.3 Å². The van der Waals surface area contributed by atoms with E-state index in [0.29, 0.717) is 13.2 Å². The number of thioether (sulfide) groups is 1. The Morgan fingerprint density at radius 2 is 1.91 bits per heavy atom. The predicted molar refractivity (Wildman–Crippen MR) is 108 cm³/mol. The number of nitrogens with one attached hydrogen (secondary N) is 2. The fraction of sp³-hybridized carbons (Fsp3) is 0.562. The molecule has 0 unspecified atom stereocenters. The molecular formula is C16H28IN3OS. The first kappa shape index (κ1) is 21.5. The van der Waals surface area contributed by atoms with Crippen molar-refractivity contribution in [2.75, 3.05) is 33.0 Å². The highest BCUT2D eigenvalue weighted by molar-refractivity contribution is 14.0. The van der Waals surface area contributed by atoms with E-state index < -0.39 is 0 Å². The number of ether oxygens (including phenoxy) is 1. The molecule has 1 aromatic rings. The number of nitrogens with zero attached hydrogens (tertiary/aromatic N) is 1. The molecule has 0 fully saturated rings. The summed E-state index contributed by atoms with van der Waals surface area (Å²) >= 11 is 1.84. The second-order valence-electron chi connectivity index (χ2n) is 5.35. The number of aliphatic imine (C=N–C) groups is 1. The number of guanidine groups is 1. The van der Waals surface area contributed by atoms with Crippen LogP contribution in [-0.4, -0.2) is 43.7 Å². The van der Waals surface area contributed by atoms with Gasteiger partial charge in [-0.15, -0.1) is 24.0 Å². The van der Waals surface area contributed by atoms with E-state index in [2.05, 4.69) is 47.9 Å². The van der Waals surface area contributed by atoms with E-state index in [1.807, 2.05) is 30.0 Å². The zero-order valence-electron chi connectivity index (χ0n) is 13.9. The highest BCUT2D eigenvalue weighted by atomic mass is 127. The van der Waals surface area contributed by atoms with Crippen LogP contribution in [0.25, 0.3) is 0 Å². The van der Waals surface area contributed by atoms with Gasteiger partial charge in [-0.05, 0) is 25.7 Å². The van der Waals surface area contributed by atoms with Crippen LogP contribution < -0.4 is 10.6 Å². The van der Waals surface area contributed by atoms with Crippen molar-refractivity contribution in [3.63, 3.8) is 0 Å². The summed E-state index contributed by atoms with van der Waals surface area (Å²) in [4.78, 5) is 4.21. The van der Waals surface area contributed by atoms with Crippen molar-refractivity contribution in [3.05, 3.63) is 35.9 Å². The fourth-order valence-electron chi connectivity index (χ4n) is 1.60. The van der Waals surface area contributed by atoms with Gasteiger partial charge in [0.05, 0.1) is 13.2 Å². The van der Waals surface area contributed by atoms with Crippen molar-refractivity contribution in [1.82, 2.24) is 10.6 Å². The molecule has 0 saturated heterocycles. The van der Waals surface area contributed by atoms with Crippen LogP contribution in [0.15, 0.2) is 35.3 Å². The smallest absolute Gasteiger partial charge is 0.191 e. The Morgan fingerprint density at radius 3 is 2.50 bits per heavy atom. The number of halogens is 1. The lowest BCUT2D eigenvalue weighted by molar-refractivity contribution is 0.125. The van der Waals surface area contributed by atoms with Crippen molar-refractivity contribution in [1.29, 1.82) is 0 Å². The number of hydrogen-bond donors (Lipinski definition) is 2. The van der Waals surface area contributed by atoms with Gasteiger partial charge in [0.25, 0.3) is 0 Å². The maximum absolute atomic E-state index is 5.63. The minimum absolute atomic E-state index is 0. The van der Waals surface area contributed by atoms with Crippen LogP contribution in [0.2, 0.25) is 0 Å². The standard InChI is InChI=1S/C16H27N3OS.HI/c1-16(2,21-4)13-19-15(17-3)18-10-11-20-12-14-8-6-5-7-9-14;/h5-9H,10-13H2,1-4H3,(H2,17,18,19);1H. The van der Waals surface area contributed by atoms with Gasteiger partial charge in [0.1, 0.15) is 0 Å². The molecule has 0 atom stereocenters. The molecule has 0 aliphatic rings. The number of hydrogen-bond acceptors (Lipinski definition) is 3. The van der Waals surface area contributed by atoms with Gasteiger partial charge >= 0.3 is 0 Å². The van der Waals surface area contributed by atoms with Crippen LogP contribution in [0.1, 0.15) is 19.4 Å². The maximum Gasteiger partial charge on any atom is 0.191 e. The van der Waals surface area contributed by atoms with Crippen LogP contribution in [0.3, 0.4) is 0 Å². The summed E-state index contributed by atoms with van der Waals surface area (Å²) in [5, 5.41) is 6.59. The van der Waals surface area contributed by atoms with Crippen molar-refractivity contribution in [3.8, 4) is 0 Å². The average Bonchev–Trinajstić information content (AvgIpc) is 2.51. The molecular weight excluding hydrogens is 409 g/mol. The van der Waals surface area contributed by atoms with Gasteiger partial charge in [0, 0.05) is 24.9 Å². The third-order valence-electron chi connectivity index (χ3n) is 3.11. The summed E-state index contributed by atoms with van der Waals surface area (Å²) < 4.78 is 5.83. The van der Waals surface area contributed by atoms with Crippen LogP contribution in [0, 0.1) is 0 Å². The van der Waals surface area contributed by atoms with Crippen molar-refractivity contribution in [2.24, 2.45) is 4.99 Å². The third kappa shape index (κ3) is 9.53. The van der Waals surface area contributed by atoms with Crippen LogP contribution >= 0.6 is 35.7 Å². The van der Waals surface area contributed by atoms with Gasteiger partial charge in [-0.3, -0.25) is 4.99 Å². The van der Waals surface area contributed by atoms with Gasteiger partial charge < -0.3 is 15.4 Å². The molecule has 126 valence electrons. The molecule has 0 amide bonds. The lowest BCUT2D eigenvalue weighted by Gasteiger charge is -2.23. The zero-order chi connectivity index (χ0) is 15.6. The van der Waals surface area contributed by atoms with Gasteiger partial charge in [-0.25, -0.2) is 0 Å². The van der Waals surface area contributed by atoms with Crippen molar-refractivity contribution >= 4 is 41.7 Å². The molecule has 0 heterocycles. The van der Waals surface area contributed by atoms with E-state index in [4.69, 9.17) is 4.74 Å². The highest BCUT2D eigenvalue weighted by Gasteiger charge is 2.15. The molecule has 2 N–H and O–H groups in total. The summed E-state index contributed by atoms with van der Waals surface area (Å²) in [6.07, 6.45) is 2.12. The molecule has 0 saturated carbocycles. The molecule has 0 bridgehead atoms. The Balaban J connectivity index is 0.00000441. The molecule has 0 spiro atoms. The van der Waals surface area contributed by atoms with Crippen LogP contribution in [-0.2, 0) is 11.3 Å². The summed E-state index contributed by atoms with van der Waals surface area (Å²) in [5.41, 5.74) is 1.20. The summed E-state index contributed by atoms with van der Waals surface area (Å²) in [6, 6.07) is 10.2. The van der Waals surface area contributed by atoms with Crippen LogP contribution in [0.5, 0.6) is 0 Å². The lowest BCUT2D eigenvalue weighted by Crippen LogP contribution is -2.44. The van der Waals surface area contributed by atoms with E-state index in [1.165, 1.54) is 5.56 Å². The lowest BCUT2D eigenvalue weighted by atomic mass is 10.2. The van der Waals surface area contributed by atoms with Gasteiger partial charge in [0.15, 0.2) is 5.96 Å². The van der Waals surface area contributed by atoms with Crippen molar-refractivity contribution in [2.45, 2.75) is 25.2 Å². The summed E-state index contributed by atoms with van der Waals surface area (Å²) in [7, 11) is 1.78. The molecule has 0 aliphatic heterocycles. The Labute approximate surface area is 155 Å². The molecule has 22 heavy (non-hydrogen) atoms. The first-order chi connectivity index (χ1) is 10.1. The summed E-state index contributed by atoms with van der Waals surface area (Å²) in [5.74, 6) is 0.820. The normalized spacial score (nSPS) is 11.7. The minimum Gasteiger partial charge on any atom is -0.375 e. The summed E-state index contributed by atoms with van der Waals surface area (Å²) in [6.45, 7) is 7.34. The van der Waals surface area contributed by atoms with Crippen molar-refractivity contribution < 1.29 is 4.74 Å². The monoisotopic (exact) mass is 437 g/mol. The molecule has 0 aliphatic carbocycles. The van der Waals surface area contributed by atoms with E-state index in [-0.39, 0.29) is 28.7 Å². The first-order valence-corrected chi connectivity index (χ1v) is 8.41. The third-order valence-corrected chi connectivity index (χ3v) is 4.36. The zero-order valence-corrected chi connectivity index (χ0v) is 17.0. The second-order valence-corrected chi connectivity index (χ2v) is 6.87. The van der Waals surface area contributed by atoms with E-state index in [9.17, 15) is 0 Å². The molecule has 1 aromatic carbocycles. The molecule has 0 radical (unpaired) electrons. The highest BCUT2D eigenvalue weighted by Crippen LogP contribution is 2.19. The van der Waals surface area contributed by atoms with E-state index in [0.717, 1.165) is 19.0 Å². The Kier molecular flexibility index (Phi) is 11.8. The predicted octanol–water partition coefficient (Wildman–Crippen LogP) is 3.13. The van der Waals surface area contributed by atoms with E-state index in [1.54, 1.807) is 7.05 Å². The topological polar surface area (TPSA) is 45.7 Å². The Hall–Kier alpha value is -0.470. The first-order valence-electron chi connectivity index (χ1n) is 7.19. The van der Waals surface area contributed by atoms with Crippen LogP contribution in [0.4, 0.5) is 0 Å². The Morgan fingerprint density at radius 1 is 1.23 bits per heavy atom. The molecule has 6 heteroatoms. The molecule has 1 rings (SSSR count). The van der Waals surface area contributed by atoms with E-state index >= 15 is 0 Å². The average molecular weight is 437 g/mol. The quantitative estimate of drug-likeness (QED) is 0.284. The minimum atomic E-state index is 0. The van der Waals surface area contributed by atoms with Gasteiger partial charge in [-0.2, -0.15) is 11.8 Å². The molecule has 4 nitrogen and oxygen atoms in total. The fourth-order valence-corrected chi connectivity index (χ4v) is 1.81. The Bertz CT molecular complexity index is 427. The maximum atomic E-state index is 5.63. The van der Waals surface area contributed by atoms with Gasteiger partial charge in [0.2, 0.25) is 0 Å². The molecule has 0 aromatic heterocycles.